The number of fused-ring (bicyclic) bond motifs is 1. The second-order valence-electron chi connectivity index (χ2n) is 7.80. The summed E-state index contributed by atoms with van der Waals surface area (Å²) in [4.78, 5) is 26.8. The number of carbonyl (C=O) groups excluding carboxylic acids is 1. The van der Waals surface area contributed by atoms with E-state index in [2.05, 4.69) is 32.5 Å². The quantitative estimate of drug-likeness (QED) is 0.730. The van der Waals surface area contributed by atoms with Crippen LogP contribution in [0.25, 0.3) is 11.0 Å². The zero-order valence-corrected chi connectivity index (χ0v) is 15.9. The van der Waals surface area contributed by atoms with Crippen LogP contribution in [0, 0.1) is 0 Å². The number of pyridine rings is 1. The van der Waals surface area contributed by atoms with Crippen molar-refractivity contribution in [1.82, 2.24) is 25.2 Å². The van der Waals surface area contributed by atoms with Gasteiger partial charge >= 0.3 is 0 Å². The maximum absolute atomic E-state index is 12.9. The predicted octanol–water partition coefficient (Wildman–Crippen LogP) is 3.04. The predicted molar refractivity (Wildman–Crippen MR) is 105 cm³/mol. The third-order valence-electron chi connectivity index (χ3n) is 6.13. The molecule has 7 nitrogen and oxygen atoms in total. The van der Waals surface area contributed by atoms with Crippen LogP contribution in [0.15, 0.2) is 35.1 Å². The van der Waals surface area contributed by atoms with Crippen molar-refractivity contribution in [3.8, 4) is 0 Å². The number of aromatic amines is 1. The standard InChI is InChI=1S/C21H25N5O2/c27-21(18-13-25-20(28-18)15-3-8-22-9-4-15)26-10-5-14(6-11-26)17-12-24-19-16(17)2-1-7-23-19/h1-2,7,12-15,22H,3-6,8-11H2,(H,23,24). The van der Waals surface area contributed by atoms with E-state index in [0.717, 1.165) is 57.5 Å². The SMILES string of the molecule is O=C(c1cnc(C2CCNCC2)o1)N1CCC(c2c[nH]c3ncccc23)CC1. The Morgan fingerprint density at radius 3 is 2.75 bits per heavy atom. The molecule has 0 atom stereocenters. The molecule has 5 heterocycles. The summed E-state index contributed by atoms with van der Waals surface area (Å²) in [5.41, 5.74) is 2.24. The fourth-order valence-corrected chi connectivity index (χ4v) is 4.51. The van der Waals surface area contributed by atoms with E-state index < -0.39 is 0 Å². The van der Waals surface area contributed by atoms with Gasteiger partial charge in [0.2, 0.25) is 5.76 Å². The van der Waals surface area contributed by atoms with Gasteiger partial charge in [-0.1, -0.05) is 0 Å². The average molecular weight is 379 g/mol. The van der Waals surface area contributed by atoms with Crippen molar-refractivity contribution in [2.24, 2.45) is 0 Å². The van der Waals surface area contributed by atoms with E-state index in [4.69, 9.17) is 4.42 Å². The minimum atomic E-state index is -0.0354. The molecule has 3 aromatic heterocycles. The Bertz CT molecular complexity index is 964. The van der Waals surface area contributed by atoms with Gasteiger partial charge in [0.1, 0.15) is 5.65 Å². The van der Waals surface area contributed by atoms with E-state index in [1.54, 1.807) is 12.4 Å². The molecule has 0 unspecified atom stereocenters. The Labute approximate surface area is 163 Å². The summed E-state index contributed by atoms with van der Waals surface area (Å²) in [6.45, 7) is 3.43. The van der Waals surface area contributed by atoms with Crippen molar-refractivity contribution >= 4 is 16.9 Å². The van der Waals surface area contributed by atoms with Gasteiger partial charge in [-0.3, -0.25) is 4.79 Å². The highest BCUT2D eigenvalue weighted by atomic mass is 16.4. The number of carbonyl (C=O) groups is 1. The second-order valence-corrected chi connectivity index (χ2v) is 7.80. The van der Waals surface area contributed by atoms with E-state index in [1.165, 1.54) is 10.9 Å². The van der Waals surface area contributed by atoms with Crippen molar-refractivity contribution in [2.45, 2.75) is 37.5 Å². The fraction of sp³-hybridized carbons (Fsp3) is 0.476. The Morgan fingerprint density at radius 1 is 1.11 bits per heavy atom. The van der Waals surface area contributed by atoms with E-state index in [9.17, 15) is 4.79 Å². The van der Waals surface area contributed by atoms with Crippen molar-refractivity contribution in [1.29, 1.82) is 0 Å². The molecule has 0 bridgehead atoms. The van der Waals surface area contributed by atoms with Crippen molar-refractivity contribution in [3.05, 3.63) is 47.9 Å². The normalized spacial score (nSPS) is 19.4. The van der Waals surface area contributed by atoms with Crippen LogP contribution in [0.2, 0.25) is 0 Å². The van der Waals surface area contributed by atoms with Gasteiger partial charge in [-0.25, -0.2) is 9.97 Å². The highest BCUT2D eigenvalue weighted by molar-refractivity contribution is 5.91. The van der Waals surface area contributed by atoms with Crippen molar-refractivity contribution in [2.75, 3.05) is 26.2 Å². The van der Waals surface area contributed by atoms with Crippen LogP contribution in [-0.4, -0.2) is 51.9 Å². The number of aromatic nitrogens is 3. The monoisotopic (exact) mass is 379 g/mol. The molecule has 0 aliphatic carbocycles. The number of hydrogen-bond acceptors (Lipinski definition) is 5. The summed E-state index contributed by atoms with van der Waals surface area (Å²) in [5.74, 6) is 1.83. The molecule has 0 spiro atoms. The van der Waals surface area contributed by atoms with Gasteiger partial charge in [-0.15, -0.1) is 0 Å². The van der Waals surface area contributed by atoms with Gasteiger partial charge < -0.3 is 19.6 Å². The lowest BCUT2D eigenvalue weighted by Gasteiger charge is -2.31. The van der Waals surface area contributed by atoms with Crippen LogP contribution >= 0.6 is 0 Å². The molecule has 3 aromatic rings. The molecule has 0 saturated carbocycles. The number of likely N-dealkylation sites (tertiary alicyclic amines) is 1. The van der Waals surface area contributed by atoms with Gasteiger partial charge in [0.05, 0.1) is 6.20 Å². The van der Waals surface area contributed by atoms with Gasteiger partial charge in [0.15, 0.2) is 5.89 Å². The van der Waals surface area contributed by atoms with Gasteiger partial charge in [-0.05, 0) is 62.4 Å². The van der Waals surface area contributed by atoms with Gasteiger partial charge in [-0.2, -0.15) is 0 Å². The molecule has 2 aliphatic rings. The molecule has 5 rings (SSSR count). The number of nitrogens with zero attached hydrogens (tertiary/aromatic N) is 3. The van der Waals surface area contributed by atoms with Crippen LogP contribution in [0.3, 0.4) is 0 Å². The smallest absolute Gasteiger partial charge is 0.291 e. The molecule has 28 heavy (non-hydrogen) atoms. The highest BCUT2D eigenvalue weighted by Crippen LogP contribution is 2.33. The third kappa shape index (κ3) is 3.20. The van der Waals surface area contributed by atoms with Crippen LogP contribution in [0.1, 0.15) is 59.5 Å². The maximum Gasteiger partial charge on any atom is 0.291 e. The van der Waals surface area contributed by atoms with Crippen LogP contribution in [-0.2, 0) is 0 Å². The zero-order chi connectivity index (χ0) is 18.9. The lowest BCUT2D eigenvalue weighted by Crippen LogP contribution is -2.37. The summed E-state index contributed by atoms with van der Waals surface area (Å²) in [6, 6.07) is 4.09. The molecule has 2 fully saturated rings. The van der Waals surface area contributed by atoms with Crippen molar-refractivity contribution in [3.63, 3.8) is 0 Å². The molecule has 0 radical (unpaired) electrons. The van der Waals surface area contributed by atoms with Crippen LogP contribution in [0.5, 0.6) is 0 Å². The number of H-pyrrole nitrogens is 1. The van der Waals surface area contributed by atoms with Crippen LogP contribution < -0.4 is 5.32 Å². The molecule has 7 heteroatoms. The minimum absolute atomic E-state index is 0.0354. The van der Waals surface area contributed by atoms with E-state index in [1.807, 2.05) is 11.0 Å². The molecule has 2 saturated heterocycles. The number of nitrogens with one attached hydrogen (secondary N) is 2. The second kappa shape index (κ2) is 7.39. The first-order valence-electron chi connectivity index (χ1n) is 10.2. The molecule has 2 aliphatic heterocycles. The summed E-state index contributed by atoms with van der Waals surface area (Å²) < 4.78 is 5.85. The van der Waals surface area contributed by atoms with Crippen LogP contribution in [0.4, 0.5) is 0 Å². The Hall–Kier alpha value is -2.67. The van der Waals surface area contributed by atoms with Gasteiger partial charge in [0, 0.05) is 36.8 Å². The van der Waals surface area contributed by atoms with E-state index in [-0.39, 0.29) is 5.91 Å². The first-order valence-corrected chi connectivity index (χ1v) is 10.2. The minimum Gasteiger partial charge on any atom is -0.435 e. The number of rotatable bonds is 3. The largest absolute Gasteiger partial charge is 0.435 e. The first-order chi connectivity index (χ1) is 13.8. The molecular formula is C21H25N5O2. The Balaban J connectivity index is 1.24. The van der Waals surface area contributed by atoms with E-state index >= 15 is 0 Å². The lowest BCUT2D eigenvalue weighted by atomic mass is 9.89. The number of oxazole rings is 1. The summed E-state index contributed by atoms with van der Waals surface area (Å²) >= 11 is 0. The number of amides is 1. The topological polar surface area (TPSA) is 87.0 Å². The lowest BCUT2D eigenvalue weighted by molar-refractivity contribution is 0.0678. The van der Waals surface area contributed by atoms with Gasteiger partial charge in [0.25, 0.3) is 5.91 Å². The maximum atomic E-state index is 12.9. The molecule has 1 amide bonds. The average Bonchev–Trinajstić information content (AvgIpc) is 3.42. The fourth-order valence-electron chi connectivity index (χ4n) is 4.51. The highest BCUT2D eigenvalue weighted by Gasteiger charge is 2.29. The van der Waals surface area contributed by atoms with E-state index in [0.29, 0.717) is 23.5 Å². The molecular weight excluding hydrogens is 354 g/mol. The van der Waals surface area contributed by atoms with Crippen molar-refractivity contribution < 1.29 is 9.21 Å². The zero-order valence-electron chi connectivity index (χ0n) is 15.9. The number of piperidine rings is 2. The third-order valence-corrected chi connectivity index (χ3v) is 6.13. The number of hydrogen-bond donors (Lipinski definition) is 2. The molecule has 146 valence electrons. The first kappa shape index (κ1) is 17.4. The summed E-state index contributed by atoms with van der Waals surface area (Å²) in [5, 5.41) is 4.53. The Kier molecular flexibility index (Phi) is 4.60. The summed E-state index contributed by atoms with van der Waals surface area (Å²) in [6.07, 6.45) is 9.40. The molecule has 2 N–H and O–H groups in total. The molecule has 0 aromatic carbocycles. The Morgan fingerprint density at radius 2 is 1.93 bits per heavy atom. The summed E-state index contributed by atoms with van der Waals surface area (Å²) in [7, 11) is 0.